The van der Waals surface area contributed by atoms with Crippen LogP contribution in [0.1, 0.15) is 45.2 Å². The molecule has 1 aromatic rings. The Morgan fingerprint density at radius 1 is 1.35 bits per heavy atom. The molecule has 3 nitrogen and oxygen atoms in total. The fraction of sp³-hybridized carbons (Fsp3) is 0.571. The molecule has 0 heterocycles. The van der Waals surface area contributed by atoms with Crippen molar-refractivity contribution < 1.29 is 4.74 Å². The van der Waals surface area contributed by atoms with Crippen LogP contribution >= 0.6 is 0 Å². The zero-order chi connectivity index (χ0) is 12.7. The van der Waals surface area contributed by atoms with E-state index in [0.29, 0.717) is 12.5 Å². The van der Waals surface area contributed by atoms with Crippen molar-refractivity contribution >= 4 is 0 Å². The molecule has 0 aromatic heterocycles. The van der Waals surface area contributed by atoms with Crippen LogP contribution in [0.15, 0.2) is 24.3 Å². The summed E-state index contributed by atoms with van der Waals surface area (Å²) in [7, 11) is 0. The predicted molar refractivity (Wildman–Crippen MR) is 71.7 cm³/mol. The molecule has 0 saturated carbocycles. The van der Waals surface area contributed by atoms with Crippen LogP contribution in [0.5, 0.6) is 5.75 Å². The molecule has 1 rings (SSSR count). The van der Waals surface area contributed by atoms with Gasteiger partial charge in [-0.25, -0.2) is 0 Å². The SMILES string of the molecule is CCOc1cccc(C(CC(C)CC)NN)c1. The maximum absolute atomic E-state index is 5.64. The summed E-state index contributed by atoms with van der Waals surface area (Å²) in [5.41, 5.74) is 4.09. The first kappa shape index (κ1) is 14.0. The Labute approximate surface area is 104 Å². The minimum absolute atomic E-state index is 0.199. The molecule has 3 N–H and O–H groups in total. The zero-order valence-electron chi connectivity index (χ0n) is 11.1. The number of nitrogens with two attached hydrogens (primary N) is 1. The van der Waals surface area contributed by atoms with E-state index in [9.17, 15) is 0 Å². The van der Waals surface area contributed by atoms with Crippen LogP contribution in [0.4, 0.5) is 0 Å². The van der Waals surface area contributed by atoms with E-state index in [2.05, 4.69) is 31.4 Å². The molecule has 17 heavy (non-hydrogen) atoms. The van der Waals surface area contributed by atoms with Gasteiger partial charge in [0, 0.05) is 6.04 Å². The van der Waals surface area contributed by atoms with E-state index in [1.165, 1.54) is 12.0 Å². The lowest BCUT2D eigenvalue weighted by Gasteiger charge is -2.20. The van der Waals surface area contributed by atoms with Gasteiger partial charge >= 0.3 is 0 Å². The second-order valence-electron chi connectivity index (χ2n) is 4.47. The van der Waals surface area contributed by atoms with Crippen molar-refractivity contribution in [3.63, 3.8) is 0 Å². The molecule has 1 aromatic carbocycles. The van der Waals surface area contributed by atoms with Crippen molar-refractivity contribution in [1.29, 1.82) is 0 Å². The summed E-state index contributed by atoms with van der Waals surface area (Å²) in [5.74, 6) is 7.21. The molecular weight excluding hydrogens is 212 g/mol. The summed E-state index contributed by atoms with van der Waals surface area (Å²) in [6.45, 7) is 7.13. The summed E-state index contributed by atoms with van der Waals surface area (Å²) < 4.78 is 5.50. The van der Waals surface area contributed by atoms with E-state index >= 15 is 0 Å². The van der Waals surface area contributed by atoms with E-state index < -0.39 is 0 Å². The molecule has 0 aliphatic carbocycles. The van der Waals surface area contributed by atoms with Gasteiger partial charge in [-0.1, -0.05) is 32.4 Å². The zero-order valence-corrected chi connectivity index (χ0v) is 11.1. The van der Waals surface area contributed by atoms with Gasteiger partial charge in [0.25, 0.3) is 0 Å². The van der Waals surface area contributed by atoms with Crippen LogP contribution in [0, 0.1) is 5.92 Å². The average molecular weight is 236 g/mol. The molecule has 0 amide bonds. The van der Waals surface area contributed by atoms with E-state index in [4.69, 9.17) is 10.6 Å². The first-order chi connectivity index (χ1) is 8.21. The Hall–Kier alpha value is -1.06. The summed E-state index contributed by atoms with van der Waals surface area (Å²) in [4.78, 5) is 0. The highest BCUT2D eigenvalue weighted by Crippen LogP contribution is 2.25. The Morgan fingerprint density at radius 2 is 2.12 bits per heavy atom. The van der Waals surface area contributed by atoms with Crippen LogP contribution in [-0.2, 0) is 0 Å². The number of hydrazine groups is 1. The van der Waals surface area contributed by atoms with Crippen molar-refractivity contribution in [1.82, 2.24) is 5.43 Å². The Kier molecular flexibility index (Phi) is 6.01. The lowest BCUT2D eigenvalue weighted by Crippen LogP contribution is -2.29. The molecule has 0 aliphatic heterocycles. The maximum atomic E-state index is 5.64. The van der Waals surface area contributed by atoms with Crippen molar-refractivity contribution in [3.05, 3.63) is 29.8 Å². The molecule has 0 saturated heterocycles. The molecule has 96 valence electrons. The normalized spacial score (nSPS) is 14.4. The lowest BCUT2D eigenvalue weighted by molar-refractivity contribution is 0.338. The van der Waals surface area contributed by atoms with Crippen LogP contribution < -0.4 is 16.0 Å². The first-order valence-corrected chi connectivity index (χ1v) is 6.40. The van der Waals surface area contributed by atoms with Gasteiger partial charge in [-0.05, 0) is 37.0 Å². The van der Waals surface area contributed by atoms with Crippen molar-refractivity contribution in [2.24, 2.45) is 11.8 Å². The fourth-order valence-electron chi connectivity index (χ4n) is 1.86. The first-order valence-electron chi connectivity index (χ1n) is 6.40. The molecule has 0 spiro atoms. The highest BCUT2D eigenvalue weighted by molar-refractivity contribution is 5.30. The second-order valence-corrected chi connectivity index (χ2v) is 4.47. The van der Waals surface area contributed by atoms with Crippen molar-refractivity contribution in [3.8, 4) is 5.75 Å². The second kappa shape index (κ2) is 7.30. The number of ether oxygens (including phenoxy) is 1. The van der Waals surface area contributed by atoms with Gasteiger partial charge in [0.05, 0.1) is 6.61 Å². The molecule has 2 atom stereocenters. The van der Waals surface area contributed by atoms with Crippen molar-refractivity contribution in [2.45, 2.75) is 39.7 Å². The lowest BCUT2D eigenvalue weighted by atomic mass is 9.94. The molecule has 2 unspecified atom stereocenters. The molecule has 0 aliphatic rings. The predicted octanol–water partition coefficient (Wildman–Crippen LogP) is 3.03. The topological polar surface area (TPSA) is 47.3 Å². The average Bonchev–Trinajstić information content (AvgIpc) is 2.36. The third-order valence-corrected chi connectivity index (χ3v) is 3.11. The van der Waals surface area contributed by atoms with Crippen LogP contribution in [0.25, 0.3) is 0 Å². The minimum atomic E-state index is 0.199. The summed E-state index contributed by atoms with van der Waals surface area (Å²) in [6.07, 6.45) is 2.21. The van der Waals surface area contributed by atoms with Gasteiger partial charge in [-0.3, -0.25) is 11.3 Å². The number of hydrogen-bond donors (Lipinski definition) is 2. The molecule has 3 heteroatoms. The minimum Gasteiger partial charge on any atom is -0.494 e. The molecule has 0 radical (unpaired) electrons. The van der Waals surface area contributed by atoms with Gasteiger partial charge < -0.3 is 4.74 Å². The number of rotatable bonds is 7. The molecule has 0 fully saturated rings. The van der Waals surface area contributed by atoms with Gasteiger partial charge in [-0.2, -0.15) is 0 Å². The van der Waals surface area contributed by atoms with Gasteiger partial charge in [-0.15, -0.1) is 0 Å². The largest absolute Gasteiger partial charge is 0.494 e. The third-order valence-electron chi connectivity index (χ3n) is 3.11. The van der Waals surface area contributed by atoms with Crippen LogP contribution in [-0.4, -0.2) is 6.61 Å². The van der Waals surface area contributed by atoms with E-state index in [1.807, 2.05) is 19.1 Å². The van der Waals surface area contributed by atoms with Gasteiger partial charge in [0.15, 0.2) is 0 Å². The van der Waals surface area contributed by atoms with Crippen molar-refractivity contribution in [2.75, 3.05) is 6.61 Å². The number of hydrogen-bond acceptors (Lipinski definition) is 3. The standard InChI is InChI=1S/C14H24N2O/c1-4-11(3)9-14(16-15)12-7-6-8-13(10-12)17-5-2/h6-8,10-11,14,16H,4-5,9,15H2,1-3H3. The van der Waals surface area contributed by atoms with E-state index in [0.717, 1.165) is 12.2 Å². The summed E-state index contributed by atoms with van der Waals surface area (Å²) in [6, 6.07) is 8.35. The molecule has 0 bridgehead atoms. The maximum Gasteiger partial charge on any atom is 0.119 e. The summed E-state index contributed by atoms with van der Waals surface area (Å²) >= 11 is 0. The Balaban J connectivity index is 2.76. The quantitative estimate of drug-likeness (QED) is 0.565. The van der Waals surface area contributed by atoms with Gasteiger partial charge in [0.2, 0.25) is 0 Å². The highest BCUT2D eigenvalue weighted by atomic mass is 16.5. The fourth-order valence-corrected chi connectivity index (χ4v) is 1.86. The molecular formula is C14H24N2O. The van der Waals surface area contributed by atoms with E-state index in [-0.39, 0.29) is 6.04 Å². The summed E-state index contributed by atoms with van der Waals surface area (Å²) in [5, 5.41) is 0. The van der Waals surface area contributed by atoms with Gasteiger partial charge in [0.1, 0.15) is 5.75 Å². The number of benzene rings is 1. The van der Waals surface area contributed by atoms with Crippen LogP contribution in [0.2, 0.25) is 0 Å². The highest BCUT2D eigenvalue weighted by Gasteiger charge is 2.13. The Morgan fingerprint density at radius 3 is 2.71 bits per heavy atom. The number of nitrogens with one attached hydrogen (secondary N) is 1. The van der Waals surface area contributed by atoms with Crippen LogP contribution in [0.3, 0.4) is 0 Å². The Bertz CT molecular complexity index is 328. The van der Waals surface area contributed by atoms with E-state index in [1.54, 1.807) is 0 Å². The monoisotopic (exact) mass is 236 g/mol. The smallest absolute Gasteiger partial charge is 0.119 e. The third kappa shape index (κ3) is 4.36.